The molecule has 2 unspecified atom stereocenters. The fourth-order valence-corrected chi connectivity index (χ4v) is 2.66. The van der Waals surface area contributed by atoms with Crippen molar-refractivity contribution >= 4 is 34.1 Å². The molecule has 0 radical (unpaired) electrons. The summed E-state index contributed by atoms with van der Waals surface area (Å²) in [6.07, 6.45) is -0.321. The van der Waals surface area contributed by atoms with Gasteiger partial charge in [-0.25, -0.2) is 4.98 Å². The second-order valence-corrected chi connectivity index (χ2v) is 5.81. The molecule has 1 heterocycles. The van der Waals surface area contributed by atoms with E-state index >= 15 is 0 Å². The highest BCUT2D eigenvalue weighted by atomic mass is 32.2. The van der Waals surface area contributed by atoms with Crippen LogP contribution in [-0.4, -0.2) is 27.4 Å². The number of nitrogens with one attached hydrogen (secondary N) is 1. The number of aliphatic hydroxyl groups is 1. The number of aliphatic hydroxyl groups excluding tert-OH is 1. The van der Waals surface area contributed by atoms with E-state index in [1.807, 2.05) is 12.3 Å². The van der Waals surface area contributed by atoms with E-state index in [2.05, 4.69) is 10.3 Å². The van der Waals surface area contributed by atoms with Crippen molar-refractivity contribution < 1.29 is 9.90 Å². The van der Waals surface area contributed by atoms with Crippen molar-refractivity contribution in [2.75, 3.05) is 5.32 Å². The predicted octanol–water partition coefficient (Wildman–Crippen LogP) is 2.10. The first-order valence-electron chi connectivity index (χ1n) is 5.00. The number of anilines is 1. The molecule has 0 aliphatic carbocycles. The summed E-state index contributed by atoms with van der Waals surface area (Å²) in [6, 6.07) is 0. The Hall–Kier alpha value is -0.590. The molecule has 2 atom stereocenters. The molecule has 90 valence electrons. The number of carbonyl (C=O) groups excluding carboxylic acids is 1. The SMILES string of the molecule is CC(=O)Nc1nc(CSC(C)C(C)O)cs1. The normalized spacial score (nSPS) is 14.5. The summed E-state index contributed by atoms with van der Waals surface area (Å²) in [5.41, 5.74) is 0.936. The summed E-state index contributed by atoms with van der Waals surface area (Å²) in [5.74, 6) is 0.646. The topological polar surface area (TPSA) is 62.2 Å². The minimum Gasteiger partial charge on any atom is -0.392 e. The molecular formula is C10H16N2O2S2. The van der Waals surface area contributed by atoms with Gasteiger partial charge >= 0.3 is 0 Å². The average Bonchev–Trinajstić information content (AvgIpc) is 2.60. The van der Waals surface area contributed by atoms with Crippen LogP contribution in [0.15, 0.2) is 5.38 Å². The van der Waals surface area contributed by atoms with Gasteiger partial charge in [-0.05, 0) is 6.92 Å². The smallest absolute Gasteiger partial charge is 0.223 e. The second-order valence-electron chi connectivity index (χ2n) is 3.58. The van der Waals surface area contributed by atoms with E-state index in [1.54, 1.807) is 18.7 Å². The first-order chi connectivity index (χ1) is 7.49. The average molecular weight is 260 g/mol. The Morgan fingerprint density at radius 3 is 2.94 bits per heavy atom. The zero-order valence-electron chi connectivity index (χ0n) is 9.56. The number of hydrogen-bond acceptors (Lipinski definition) is 5. The van der Waals surface area contributed by atoms with Gasteiger partial charge in [0.25, 0.3) is 0 Å². The second kappa shape index (κ2) is 6.22. The van der Waals surface area contributed by atoms with Crippen LogP contribution in [0, 0.1) is 0 Å². The fraction of sp³-hybridized carbons (Fsp3) is 0.600. The van der Waals surface area contributed by atoms with Gasteiger partial charge in [-0.1, -0.05) is 6.92 Å². The molecule has 0 spiro atoms. The van der Waals surface area contributed by atoms with Gasteiger partial charge in [0.1, 0.15) is 0 Å². The summed E-state index contributed by atoms with van der Waals surface area (Å²) < 4.78 is 0. The van der Waals surface area contributed by atoms with E-state index in [1.165, 1.54) is 18.3 Å². The lowest BCUT2D eigenvalue weighted by Crippen LogP contribution is -2.15. The third-order valence-electron chi connectivity index (χ3n) is 2.01. The van der Waals surface area contributed by atoms with E-state index in [-0.39, 0.29) is 17.3 Å². The van der Waals surface area contributed by atoms with Gasteiger partial charge in [0.2, 0.25) is 5.91 Å². The van der Waals surface area contributed by atoms with Crippen molar-refractivity contribution in [3.63, 3.8) is 0 Å². The van der Waals surface area contributed by atoms with Crippen molar-refractivity contribution in [2.24, 2.45) is 0 Å². The van der Waals surface area contributed by atoms with Crippen LogP contribution < -0.4 is 5.32 Å². The van der Waals surface area contributed by atoms with Crippen molar-refractivity contribution in [1.29, 1.82) is 0 Å². The molecule has 1 rings (SSSR count). The third kappa shape index (κ3) is 4.51. The lowest BCUT2D eigenvalue weighted by Gasteiger charge is -2.12. The van der Waals surface area contributed by atoms with E-state index in [0.717, 1.165) is 11.4 Å². The van der Waals surface area contributed by atoms with Gasteiger partial charge in [-0.3, -0.25) is 4.79 Å². The summed E-state index contributed by atoms with van der Waals surface area (Å²) in [4.78, 5) is 15.1. The van der Waals surface area contributed by atoms with Gasteiger partial charge in [0, 0.05) is 23.3 Å². The molecule has 0 fully saturated rings. The number of rotatable bonds is 5. The van der Waals surface area contributed by atoms with E-state index in [4.69, 9.17) is 0 Å². The van der Waals surface area contributed by atoms with Crippen molar-refractivity contribution in [3.05, 3.63) is 11.1 Å². The molecule has 0 aromatic carbocycles. The third-order valence-corrected chi connectivity index (χ3v) is 4.20. The maximum atomic E-state index is 10.8. The molecule has 0 bridgehead atoms. The Labute approximate surface area is 103 Å². The maximum absolute atomic E-state index is 10.8. The maximum Gasteiger partial charge on any atom is 0.223 e. The van der Waals surface area contributed by atoms with Gasteiger partial charge in [-0.15, -0.1) is 23.1 Å². The molecule has 1 aromatic heterocycles. The number of nitrogens with zero attached hydrogens (tertiary/aromatic N) is 1. The van der Waals surface area contributed by atoms with Crippen LogP contribution in [0.2, 0.25) is 0 Å². The standard InChI is InChI=1S/C10H16N2O2S2/c1-6(13)7(2)15-4-9-5-16-10(12-9)11-8(3)14/h5-7,13H,4H2,1-3H3,(H,11,12,14). The van der Waals surface area contributed by atoms with Crippen molar-refractivity contribution in [2.45, 2.75) is 37.9 Å². The minimum atomic E-state index is -0.321. The van der Waals surface area contributed by atoms with Crippen LogP contribution in [0.3, 0.4) is 0 Å². The molecule has 0 saturated heterocycles. The molecule has 0 aliphatic rings. The molecule has 1 aromatic rings. The number of carbonyl (C=O) groups is 1. The molecule has 6 heteroatoms. The number of thiazole rings is 1. The Morgan fingerprint density at radius 1 is 1.69 bits per heavy atom. The lowest BCUT2D eigenvalue weighted by atomic mass is 10.3. The van der Waals surface area contributed by atoms with Gasteiger partial charge < -0.3 is 10.4 Å². The van der Waals surface area contributed by atoms with Gasteiger partial charge in [0.05, 0.1) is 11.8 Å². The van der Waals surface area contributed by atoms with Crippen LogP contribution >= 0.6 is 23.1 Å². The monoisotopic (exact) mass is 260 g/mol. The fourth-order valence-electron chi connectivity index (χ4n) is 0.937. The quantitative estimate of drug-likeness (QED) is 0.851. The Bertz CT molecular complexity index is 352. The molecule has 4 nitrogen and oxygen atoms in total. The van der Waals surface area contributed by atoms with Gasteiger partial charge in [0.15, 0.2) is 5.13 Å². The number of hydrogen-bond donors (Lipinski definition) is 2. The van der Waals surface area contributed by atoms with Crippen LogP contribution in [0.5, 0.6) is 0 Å². The molecule has 0 aliphatic heterocycles. The zero-order valence-corrected chi connectivity index (χ0v) is 11.2. The van der Waals surface area contributed by atoms with Crippen LogP contribution in [0.4, 0.5) is 5.13 Å². The summed E-state index contributed by atoms with van der Waals surface area (Å²) >= 11 is 3.07. The first-order valence-corrected chi connectivity index (χ1v) is 6.93. The Kier molecular flexibility index (Phi) is 5.24. The molecule has 2 N–H and O–H groups in total. The van der Waals surface area contributed by atoms with E-state index in [0.29, 0.717) is 5.13 Å². The van der Waals surface area contributed by atoms with Crippen molar-refractivity contribution in [3.8, 4) is 0 Å². The number of aromatic nitrogens is 1. The zero-order chi connectivity index (χ0) is 12.1. The lowest BCUT2D eigenvalue weighted by molar-refractivity contribution is -0.114. The molecular weight excluding hydrogens is 244 g/mol. The first kappa shape index (κ1) is 13.5. The summed E-state index contributed by atoms with van der Waals surface area (Å²) in [5, 5.41) is 14.7. The van der Waals surface area contributed by atoms with E-state index < -0.39 is 0 Å². The number of amides is 1. The molecule has 0 saturated carbocycles. The van der Waals surface area contributed by atoms with Gasteiger partial charge in [-0.2, -0.15) is 0 Å². The Balaban J connectivity index is 2.43. The summed E-state index contributed by atoms with van der Waals surface area (Å²) in [6.45, 7) is 5.23. The largest absolute Gasteiger partial charge is 0.392 e. The predicted molar refractivity (Wildman–Crippen MR) is 68.9 cm³/mol. The highest BCUT2D eigenvalue weighted by Crippen LogP contribution is 2.23. The van der Waals surface area contributed by atoms with Crippen molar-refractivity contribution in [1.82, 2.24) is 4.98 Å². The highest BCUT2D eigenvalue weighted by Gasteiger charge is 2.10. The van der Waals surface area contributed by atoms with Crippen LogP contribution in [0.25, 0.3) is 0 Å². The summed E-state index contributed by atoms with van der Waals surface area (Å²) in [7, 11) is 0. The molecule has 16 heavy (non-hydrogen) atoms. The minimum absolute atomic E-state index is 0.106. The van der Waals surface area contributed by atoms with E-state index in [9.17, 15) is 9.90 Å². The Morgan fingerprint density at radius 2 is 2.38 bits per heavy atom. The van der Waals surface area contributed by atoms with Crippen LogP contribution in [0.1, 0.15) is 26.5 Å². The molecule has 1 amide bonds. The number of thioether (sulfide) groups is 1. The van der Waals surface area contributed by atoms with Crippen LogP contribution in [-0.2, 0) is 10.5 Å². The highest BCUT2D eigenvalue weighted by molar-refractivity contribution is 7.99.